The molecule has 0 radical (unpaired) electrons. The van der Waals surface area contributed by atoms with E-state index >= 15 is 0 Å². The van der Waals surface area contributed by atoms with Gasteiger partial charge in [-0.3, -0.25) is 9.59 Å². The maximum atomic E-state index is 12.6. The van der Waals surface area contributed by atoms with Crippen molar-refractivity contribution in [3.8, 4) is 0 Å². The average molecular weight is 645 g/mol. The summed E-state index contributed by atoms with van der Waals surface area (Å²) in [6.07, 6.45) is 49.1. The quantitative estimate of drug-likeness (QED) is 0.0419. The highest BCUT2D eigenvalue weighted by Crippen LogP contribution is 2.19. The van der Waals surface area contributed by atoms with Crippen LogP contribution in [0.25, 0.3) is 0 Å². The first-order valence-corrected chi connectivity index (χ1v) is 20.0. The Kier molecular flexibility index (Phi) is 36.1. The van der Waals surface area contributed by atoms with Gasteiger partial charge in [-0.05, 0) is 70.6 Å². The number of ether oxygens (including phenoxy) is 1. The molecule has 0 fully saturated rings. The van der Waals surface area contributed by atoms with Gasteiger partial charge in [0.15, 0.2) is 0 Å². The van der Waals surface area contributed by atoms with Gasteiger partial charge in [-0.15, -0.1) is 0 Å². The number of carbonyl (C=O) groups excluding carboxylic acids is 1. The first-order chi connectivity index (χ1) is 22.6. The molecule has 0 aromatic heterocycles. The summed E-state index contributed by atoms with van der Waals surface area (Å²) in [5.41, 5.74) is 0. The van der Waals surface area contributed by atoms with E-state index in [2.05, 4.69) is 50.3 Å². The second-order valence-corrected chi connectivity index (χ2v) is 13.4. The molecular formula is C42H76O4. The van der Waals surface area contributed by atoms with Crippen LogP contribution in [0.15, 0.2) is 36.5 Å². The minimum Gasteiger partial charge on any atom is -0.481 e. The predicted molar refractivity (Wildman–Crippen MR) is 199 cm³/mol. The lowest BCUT2D eigenvalue weighted by Crippen LogP contribution is -2.18. The first-order valence-electron chi connectivity index (χ1n) is 20.0. The maximum Gasteiger partial charge on any atom is 0.306 e. The standard InChI is InChI=1S/C42H76O4/c1-3-5-7-9-10-11-12-13-14-19-22-25-28-31-35-39-42(45)46-40(36-32-8-6-4-2)37-33-29-26-23-20-17-15-16-18-21-24-27-30-34-38-41(43)44/h5,7,10-11,13-14,40H,3-4,6,8-9,12,15-39H2,1-2H3,(H,43,44)/b7-5-,11-10-,14-13-. The van der Waals surface area contributed by atoms with Crippen LogP contribution in [0, 0.1) is 0 Å². The van der Waals surface area contributed by atoms with Crippen molar-refractivity contribution in [3.05, 3.63) is 36.5 Å². The van der Waals surface area contributed by atoms with Gasteiger partial charge in [0, 0.05) is 12.8 Å². The van der Waals surface area contributed by atoms with E-state index in [1.807, 2.05) is 0 Å². The Morgan fingerprint density at radius 2 is 0.913 bits per heavy atom. The van der Waals surface area contributed by atoms with Crippen LogP contribution in [0.2, 0.25) is 0 Å². The van der Waals surface area contributed by atoms with E-state index < -0.39 is 5.97 Å². The Bertz CT molecular complexity index is 738. The largest absolute Gasteiger partial charge is 0.481 e. The number of esters is 1. The lowest BCUT2D eigenvalue weighted by Gasteiger charge is -2.18. The van der Waals surface area contributed by atoms with Crippen LogP contribution in [0.3, 0.4) is 0 Å². The highest BCUT2D eigenvalue weighted by Gasteiger charge is 2.14. The van der Waals surface area contributed by atoms with Crippen LogP contribution in [0.1, 0.15) is 213 Å². The first kappa shape index (κ1) is 44.2. The van der Waals surface area contributed by atoms with Crippen LogP contribution < -0.4 is 0 Å². The van der Waals surface area contributed by atoms with E-state index in [1.54, 1.807) is 0 Å². The molecule has 0 aliphatic heterocycles. The molecule has 4 nitrogen and oxygen atoms in total. The molecule has 0 aliphatic carbocycles. The van der Waals surface area contributed by atoms with Crippen molar-refractivity contribution in [3.63, 3.8) is 0 Å². The SMILES string of the molecule is CC/C=C\C/C=C\C/C=C\CCCCCCCC(=O)OC(CCCCCC)CCCCCCCCCCCCCCCCC(=O)O. The third kappa shape index (κ3) is 36.6. The molecule has 1 N–H and O–H groups in total. The number of allylic oxidation sites excluding steroid dienone is 6. The Hall–Kier alpha value is -1.84. The Morgan fingerprint density at radius 3 is 1.41 bits per heavy atom. The van der Waals surface area contributed by atoms with Gasteiger partial charge >= 0.3 is 11.9 Å². The molecule has 0 saturated heterocycles. The minimum atomic E-state index is -0.667. The number of unbranched alkanes of at least 4 members (excludes halogenated alkanes) is 21. The summed E-state index contributed by atoms with van der Waals surface area (Å²) in [4.78, 5) is 23.1. The van der Waals surface area contributed by atoms with Crippen molar-refractivity contribution in [2.75, 3.05) is 0 Å². The second-order valence-electron chi connectivity index (χ2n) is 13.4. The minimum absolute atomic E-state index is 0.0276. The summed E-state index contributed by atoms with van der Waals surface area (Å²) in [6.45, 7) is 4.41. The van der Waals surface area contributed by atoms with Gasteiger partial charge in [-0.1, -0.05) is 166 Å². The Balaban J connectivity index is 3.82. The highest BCUT2D eigenvalue weighted by atomic mass is 16.5. The molecule has 0 aromatic carbocycles. The van der Waals surface area contributed by atoms with Crippen molar-refractivity contribution >= 4 is 11.9 Å². The molecule has 0 rings (SSSR count). The molecule has 46 heavy (non-hydrogen) atoms. The summed E-state index contributed by atoms with van der Waals surface area (Å²) in [5, 5.41) is 8.68. The normalized spacial score (nSPS) is 12.6. The lowest BCUT2D eigenvalue weighted by atomic mass is 10.0. The zero-order chi connectivity index (χ0) is 33.6. The molecule has 0 spiro atoms. The maximum absolute atomic E-state index is 12.6. The van der Waals surface area contributed by atoms with E-state index in [1.165, 1.54) is 122 Å². The summed E-state index contributed by atoms with van der Waals surface area (Å²) in [7, 11) is 0. The van der Waals surface area contributed by atoms with E-state index in [-0.39, 0.29) is 12.1 Å². The molecule has 0 saturated carbocycles. The van der Waals surface area contributed by atoms with E-state index in [9.17, 15) is 9.59 Å². The highest BCUT2D eigenvalue weighted by molar-refractivity contribution is 5.69. The number of hydrogen-bond acceptors (Lipinski definition) is 3. The Morgan fingerprint density at radius 1 is 0.500 bits per heavy atom. The van der Waals surface area contributed by atoms with Gasteiger partial charge in [0.25, 0.3) is 0 Å². The third-order valence-corrected chi connectivity index (χ3v) is 8.88. The molecule has 0 bridgehead atoms. The van der Waals surface area contributed by atoms with Crippen molar-refractivity contribution in [2.24, 2.45) is 0 Å². The average Bonchev–Trinajstić information content (AvgIpc) is 3.04. The third-order valence-electron chi connectivity index (χ3n) is 8.88. The van der Waals surface area contributed by atoms with Gasteiger partial charge in [-0.2, -0.15) is 0 Å². The molecule has 4 heteroatoms. The van der Waals surface area contributed by atoms with Crippen molar-refractivity contribution in [1.29, 1.82) is 0 Å². The number of hydrogen-bond donors (Lipinski definition) is 1. The molecule has 0 aliphatic rings. The van der Waals surface area contributed by atoms with Crippen LogP contribution in [0.4, 0.5) is 0 Å². The van der Waals surface area contributed by atoms with Crippen molar-refractivity contribution < 1.29 is 19.4 Å². The second kappa shape index (κ2) is 37.6. The molecule has 0 amide bonds. The smallest absolute Gasteiger partial charge is 0.306 e. The molecule has 1 atom stereocenters. The van der Waals surface area contributed by atoms with E-state index in [0.29, 0.717) is 12.8 Å². The van der Waals surface area contributed by atoms with Crippen molar-refractivity contribution in [1.82, 2.24) is 0 Å². The number of rotatable bonds is 36. The molecule has 268 valence electrons. The van der Waals surface area contributed by atoms with Gasteiger partial charge in [0.1, 0.15) is 6.10 Å². The summed E-state index contributed by atoms with van der Waals surface area (Å²) in [6, 6.07) is 0. The topological polar surface area (TPSA) is 63.6 Å². The summed E-state index contributed by atoms with van der Waals surface area (Å²) >= 11 is 0. The fraction of sp³-hybridized carbons (Fsp3) is 0.810. The monoisotopic (exact) mass is 645 g/mol. The van der Waals surface area contributed by atoms with Crippen LogP contribution in [-0.4, -0.2) is 23.1 Å². The van der Waals surface area contributed by atoms with Gasteiger partial charge in [-0.25, -0.2) is 0 Å². The number of carboxylic acids is 1. The summed E-state index contributed by atoms with van der Waals surface area (Å²) in [5.74, 6) is -0.639. The van der Waals surface area contributed by atoms with Crippen LogP contribution in [0.5, 0.6) is 0 Å². The van der Waals surface area contributed by atoms with E-state index in [0.717, 1.165) is 64.2 Å². The summed E-state index contributed by atoms with van der Waals surface area (Å²) < 4.78 is 6.00. The lowest BCUT2D eigenvalue weighted by molar-refractivity contribution is -0.150. The zero-order valence-electron chi connectivity index (χ0n) is 30.6. The molecule has 1 unspecified atom stereocenters. The van der Waals surface area contributed by atoms with Gasteiger partial charge in [0.05, 0.1) is 0 Å². The molecule has 0 heterocycles. The Labute approximate surface area is 286 Å². The predicted octanol–water partition coefficient (Wildman–Crippen LogP) is 13.8. The van der Waals surface area contributed by atoms with E-state index in [4.69, 9.17) is 9.84 Å². The molecular weight excluding hydrogens is 568 g/mol. The van der Waals surface area contributed by atoms with Gasteiger partial charge in [0.2, 0.25) is 0 Å². The molecule has 0 aromatic rings. The fourth-order valence-electron chi connectivity index (χ4n) is 5.96. The van der Waals surface area contributed by atoms with Crippen LogP contribution in [-0.2, 0) is 14.3 Å². The van der Waals surface area contributed by atoms with Crippen LogP contribution >= 0.6 is 0 Å². The number of carboxylic acid groups (broad SMARTS) is 1. The number of carbonyl (C=O) groups is 2. The van der Waals surface area contributed by atoms with Gasteiger partial charge < -0.3 is 9.84 Å². The zero-order valence-corrected chi connectivity index (χ0v) is 30.6. The fourth-order valence-corrected chi connectivity index (χ4v) is 5.96. The number of aliphatic carboxylic acids is 1. The van der Waals surface area contributed by atoms with Crippen molar-refractivity contribution in [2.45, 2.75) is 219 Å².